The lowest BCUT2D eigenvalue weighted by atomic mass is 9.88. The average Bonchev–Trinajstić information content (AvgIpc) is 3.19. The van der Waals surface area contributed by atoms with Crippen LogP contribution in [0.3, 0.4) is 0 Å². The predicted octanol–water partition coefficient (Wildman–Crippen LogP) is 4.92. The number of nitrogens with one attached hydrogen (secondary N) is 1. The van der Waals surface area contributed by atoms with Crippen LogP contribution >= 0.6 is 11.3 Å². The fraction of sp³-hybridized carbons (Fsp3) is 0.409. The van der Waals surface area contributed by atoms with Crippen molar-refractivity contribution in [1.82, 2.24) is 24.8 Å². The van der Waals surface area contributed by atoms with Gasteiger partial charge in [-0.15, -0.1) is 11.3 Å². The number of hydrogen-bond donors (Lipinski definition) is 1. The molecule has 0 saturated carbocycles. The van der Waals surface area contributed by atoms with Crippen LogP contribution in [0.25, 0.3) is 10.6 Å². The molecule has 0 bridgehead atoms. The van der Waals surface area contributed by atoms with Crippen LogP contribution in [0.1, 0.15) is 34.4 Å². The topological polar surface area (TPSA) is 83.9 Å². The molecular formula is C22H21F5N6OS. The number of nitrogens with zero attached hydrogens (tertiary/aromatic N) is 5. The summed E-state index contributed by atoms with van der Waals surface area (Å²) in [6, 6.07) is 4.47. The largest absolute Gasteiger partial charge is 0.419 e. The molecule has 1 saturated heterocycles. The van der Waals surface area contributed by atoms with Crippen LogP contribution in [0.2, 0.25) is 0 Å². The first kappa shape index (κ1) is 24.9. The van der Waals surface area contributed by atoms with E-state index in [1.807, 2.05) is 0 Å². The van der Waals surface area contributed by atoms with Gasteiger partial charge < -0.3 is 10.2 Å². The van der Waals surface area contributed by atoms with Crippen LogP contribution in [0.4, 0.5) is 27.9 Å². The molecule has 1 aliphatic rings. The zero-order valence-corrected chi connectivity index (χ0v) is 19.5. The summed E-state index contributed by atoms with van der Waals surface area (Å²) in [7, 11) is 0. The minimum atomic E-state index is -4.58. The van der Waals surface area contributed by atoms with E-state index in [1.165, 1.54) is 11.3 Å². The van der Waals surface area contributed by atoms with Crippen LogP contribution in [-0.2, 0) is 6.18 Å². The van der Waals surface area contributed by atoms with Crippen molar-refractivity contribution in [3.8, 4) is 10.6 Å². The van der Waals surface area contributed by atoms with Gasteiger partial charge in [0.05, 0.1) is 33.7 Å². The number of aryl methyl sites for hydroxylation is 1. The molecule has 0 aliphatic carbocycles. The Morgan fingerprint density at radius 2 is 1.94 bits per heavy atom. The second-order valence-corrected chi connectivity index (χ2v) is 9.54. The van der Waals surface area contributed by atoms with E-state index < -0.39 is 48.5 Å². The molecule has 13 heteroatoms. The van der Waals surface area contributed by atoms with E-state index in [9.17, 15) is 26.7 Å². The molecule has 7 nitrogen and oxygen atoms in total. The quantitative estimate of drug-likeness (QED) is 0.489. The maximum Gasteiger partial charge on any atom is 0.419 e. The van der Waals surface area contributed by atoms with Gasteiger partial charge in [0.15, 0.2) is 0 Å². The number of rotatable bonds is 5. The second kappa shape index (κ2) is 9.44. The molecule has 3 aromatic rings. The van der Waals surface area contributed by atoms with E-state index in [0.717, 1.165) is 4.90 Å². The number of alkyl halides is 5. The van der Waals surface area contributed by atoms with Crippen molar-refractivity contribution in [2.75, 3.05) is 18.4 Å². The Hall–Kier alpha value is -3.22. The molecule has 35 heavy (non-hydrogen) atoms. The highest BCUT2D eigenvalue weighted by Gasteiger charge is 2.47. The van der Waals surface area contributed by atoms with Gasteiger partial charge in [0.1, 0.15) is 5.69 Å². The van der Waals surface area contributed by atoms with Gasteiger partial charge in [0.2, 0.25) is 5.95 Å². The zero-order valence-electron chi connectivity index (χ0n) is 18.7. The lowest BCUT2D eigenvalue weighted by Crippen LogP contribution is -2.57. The number of thiazole rings is 1. The SMILES string of the molecule is Cc1nc(C(=O)N2CC(F)(F)C[C@@H](C)[C@H]2CNc2ncc(C(F)(F)F)cn2)c(-c2ccccn2)s1. The molecule has 1 fully saturated rings. The standard InChI is InChI=1S/C22H21F5N6OS/c1-12-7-21(23,24)11-33(16(12)10-31-20-29-8-14(9-30-20)22(25,26)27)19(34)17-18(35-13(2)32-17)15-5-3-4-6-28-15/h3-6,8-9,12,16H,7,10-11H2,1-2H3,(H,29,30,31)/t12-,16-/m1/s1. The third-order valence-corrected chi connectivity index (χ3v) is 6.62. The van der Waals surface area contributed by atoms with Crippen molar-refractivity contribution in [3.05, 3.63) is 53.1 Å². The number of hydrogen-bond acceptors (Lipinski definition) is 7. The summed E-state index contributed by atoms with van der Waals surface area (Å²) in [6.45, 7) is 2.46. The first-order chi connectivity index (χ1) is 16.4. The van der Waals surface area contributed by atoms with Crippen molar-refractivity contribution >= 4 is 23.2 Å². The summed E-state index contributed by atoms with van der Waals surface area (Å²) in [5.41, 5.74) is -0.468. The van der Waals surface area contributed by atoms with Crippen molar-refractivity contribution in [2.45, 2.75) is 38.4 Å². The van der Waals surface area contributed by atoms with Crippen molar-refractivity contribution < 1.29 is 26.7 Å². The summed E-state index contributed by atoms with van der Waals surface area (Å²) in [6.07, 6.45) is -2.20. The van der Waals surface area contributed by atoms with Gasteiger partial charge in [-0.2, -0.15) is 13.2 Å². The number of amides is 1. The first-order valence-corrected chi connectivity index (χ1v) is 11.5. The van der Waals surface area contributed by atoms with Crippen LogP contribution in [0.15, 0.2) is 36.8 Å². The fourth-order valence-electron chi connectivity index (χ4n) is 4.02. The minimum absolute atomic E-state index is 0.0314. The molecule has 1 aliphatic heterocycles. The normalized spacial score (nSPS) is 20.0. The molecule has 1 amide bonds. The molecule has 2 atom stereocenters. The summed E-state index contributed by atoms with van der Waals surface area (Å²) >= 11 is 1.24. The third kappa shape index (κ3) is 5.55. The Kier molecular flexibility index (Phi) is 6.71. The molecule has 0 spiro atoms. The van der Waals surface area contributed by atoms with E-state index in [-0.39, 0.29) is 18.2 Å². The van der Waals surface area contributed by atoms with E-state index in [4.69, 9.17) is 0 Å². The Morgan fingerprint density at radius 1 is 1.23 bits per heavy atom. The van der Waals surface area contributed by atoms with Crippen LogP contribution in [0.5, 0.6) is 0 Å². The molecular weight excluding hydrogens is 491 g/mol. The Morgan fingerprint density at radius 3 is 2.57 bits per heavy atom. The first-order valence-electron chi connectivity index (χ1n) is 10.7. The maximum absolute atomic E-state index is 14.5. The molecule has 0 unspecified atom stereocenters. The summed E-state index contributed by atoms with van der Waals surface area (Å²) in [5.74, 6) is -4.50. The Balaban J connectivity index is 1.60. The van der Waals surface area contributed by atoms with E-state index >= 15 is 0 Å². The monoisotopic (exact) mass is 512 g/mol. The number of aromatic nitrogens is 4. The highest BCUT2D eigenvalue weighted by molar-refractivity contribution is 7.15. The van der Waals surface area contributed by atoms with Crippen molar-refractivity contribution in [3.63, 3.8) is 0 Å². The number of pyridine rings is 1. The number of anilines is 1. The number of carbonyl (C=O) groups is 1. The Bertz CT molecular complexity index is 1190. The molecule has 0 aromatic carbocycles. The van der Waals surface area contributed by atoms with Gasteiger partial charge in [0, 0.05) is 31.6 Å². The maximum atomic E-state index is 14.5. The van der Waals surface area contributed by atoms with Gasteiger partial charge in [-0.3, -0.25) is 9.78 Å². The van der Waals surface area contributed by atoms with Crippen molar-refractivity contribution in [2.24, 2.45) is 5.92 Å². The molecule has 1 N–H and O–H groups in total. The summed E-state index contributed by atoms with van der Waals surface area (Å²) in [4.78, 5) is 31.0. The molecule has 4 heterocycles. The number of likely N-dealkylation sites (tertiary alicyclic amines) is 1. The summed E-state index contributed by atoms with van der Waals surface area (Å²) in [5, 5.41) is 3.36. The van der Waals surface area contributed by atoms with Crippen LogP contribution < -0.4 is 5.32 Å². The number of halogens is 5. The second-order valence-electron chi connectivity index (χ2n) is 8.34. The number of piperidine rings is 1. The average molecular weight is 513 g/mol. The molecule has 3 aromatic heterocycles. The van der Waals surface area contributed by atoms with Crippen molar-refractivity contribution in [1.29, 1.82) is 0 Å². The smallest absolute Gasteiger partial charge is 0.352 e. The minimum Gasteiger partial charge on any atom is -0.352 e. The number of carbonyl (C=O) groups excluding carboxylic acids is 1. The van der Waals surface area contributed by atoms with Gasteiger partial charge in [-0.05, 0) is 25.0 Å². The molecule has 0 radical (unpaired) electrons. The summed E-state index contributed by atoms with van der Waals surface area (Å²) < 4.78 is 67.3. The van der Waals surface area contributed by atoms with Gasteiger partial charge in [-0.1, -0.05) is 13.0 Å². The van der Waals surface area contributed by atoms with E-state index in [0.29, 0.717) is 28.0 Å². The predicted molar refractivity (Wildman–Crippen MR) is 119 cm³/mol. The molecule has 186 valence electrons. The zero-order chi connectivity index (χ0) is 25.4. The van der Waals surface area contributed by atoms with Gasteiger partial charge >= 0.3 is 6.18 Å². The third-order valence-electron chi connectivity index (χ3n) is 5.62. The van der Waals surface area contributed by atoms with Gasteiger partial charge in [-0.25, -0.2) is 23.7 Å². The van der Waals surface area contributed by atoms with E-state index in [1.54, 1.807) is 38.2 Å². The van der Waals surface area contributed by atoms with Crippen LogP contribution in [-0.4, -0.2) is 55.8 Å². The Labute approximate surface area is 201 Å². The highest BCUT2D eigenvalue weighted by atomic mass is 32.1. The lowest BCUT2D eigenvalue weighted by molar-refractivity contribution is -0.138. The van der Waals surface area contributed by atoms with E-state index in [2.05, 4.69) is 25.3 Å². The molecule has 4 rings (SSSR count). The highest BCUT2D eigenvalue weighted by Crippen LogP contribution is 2.37. The van der Waals surface area contributed by atoms with Crippen LogP contribution in [0, 0.1) is 12.8 Å². The fourth-order valence-corrected chi connectivity index (χ4v) is 4.91. The van der Waals surface area contributed by atoms with Gasteiger partial charge in [0.25, 0.3) is 11.8 Å². The lowest BCUT2D eigenvalue weighted by Gasteiger charge is -2.43.